The van der Waals surface area contributed by atoms with E-state index in [0.29, 0.717) is 10.5 Å². The number of likely N-dealkylation sites (tertiary alicyclic amines) is 1. The number of benzene rings is 1. The monoisotopic (exact) mass is 374 g/mol. The second kappa shape index (κ2) is 7.69. The molecule has 1 aromatic carbocycles. The summed E-state index contributed by atoms with van der Waals surface area (Å²) in [7, 11) is 0. The molecular weight excluding hydrogens is 348 g/mol. The molecular formula is C20H27ClN4O. The third-order valence-electron chi connectivity index (χ3n) is 5.81. The lowest BCUT2D eigenvalue weighted by molar-refractivity contribution is 0.0175. The Morgan fingerprint density at radius 1 is 1.12 bits per heavy atom. The molecule has 5 nitrogen and oxygen atoms in total. The number of hydrogen-bond donors (Lipinski definition) is 1. The Morgan fingerprint density at radius 2 is 1.81 bits per heavy atom. The lowest BCUT2D eigenvalue weighted by atomic mass is 10.0. The summed E-state index contributed by atoms with van der Waals surface area (Å²) in [6.45, 7) is 9.60. The fraction of sp³-hybridized carbons (Fsp3) is 0.550. The van der Waals surface area contributed by atoms with Crippen molar-refractivity contribution < 1.29 is 5.11 Å². The van der Waals surface area contributed by atoms with Gasteiger partial charge in [0.25, 0.3) is 0 Å². The maximum absolute atomic E-state index is 11.0. The Labute approximate surface area is 160 Å². The highest BCUT2D eigenvalue weighted by Gasteiger charge is 2.33. The molecule has 0 saturated carbocycles. The molecule has 2 saturated heterocycles. The van der Waals surface area contributed by atoms with Crippen LogP contribution in [0, 0.1) is 0 Å². The molecule has 0 radical (unpaired) electrons. The Bertz CT molecular complexity index is 770. The smallest absolute Gasteiger partial charge is 0.148 e. The molecule has 1 unspecified atom stereocenters. The topological polar surface area (TPSA) is 42.8 Å². The Balaban J connectivity index is 1.74. The van der Waals surface area contributed by atoms with Crippen LogP contribution in [0.15, 0.2) is 24.4 Å². The van der Waals surface area contributed by atoms with Crippen molar-refractivity contribution in [3.8, 4) is 5.75 Å². The zero-order valence-electron chi connectivity index (χ0n) is 15.4. The van der Waals surface area contributed by atoms with Gasteiger partial charge in [-0.2, -0.15) is 0 Å². The summed E-state index contributed by atoms with van der Waals surface area (Å²) in [6, 6.07) is 5.73. The van der Waals surface area contributed by atoms with Gasteiger partial charge >= 0.3 is 0 Å². The van der Waals surface area contributed by atoms with Gasteiger partial charge in [-0.05, 0) is 50.7 Å². The average Bonchev–Trinajstić information content (AvgIpc) is 3.21. The normalized spacial score (nSPS) is 21.5. The van der Waals surface area contributed by atoms with Gasteiger partial charge in [0.1, 0.15) is 11.3 Å². The van der Waals surface area contributed by atoms with E-state index in [2.05, 4.69) is 26.6 Å². The van der Waals surface area contributed by atoms with Gasteiger partial charge in [-0.1, -0.05) is 18.5 Å². The third-order valence-corrected chi connectivity index (χ3v) is 6.12. The van der Waals surface area contributed by atoms with E-state index in [-0.39, 0.29) is 11.9 Å². The number of hydrogen-bond acceptors (Lipinski definition) is 5. The number of halogens is 1. The van der Waals surface area contributed by atoms with E-state index < -0.39 is 0 Å². The number of rotatable bonds is 4. The van der Waals surface area contributed by atoms with E-state index in [1.54, 1.807) is 6.20 Å². The van der Waals surface area contributed by atoms with E-state index in [1.165, 1.54) is 12.8 Å². The predicted molar refractivity (Wildman–Crippen MR) is 106 cm³/mol. The van der Waals surface area contributed by atoms with E-state index in [4.69, 9.17) is 11.6 Å². The highest BCUT2D eigenvalue weighted by Crippen LogP contribution is 2.40. The highest BCUT2D eigenvalue weighted by molar-refractivity contribution is 6.35. The number of pyridine rings is 1. The summed E-state index contributed by atoms with van der Waals surface area (Å²) in [5.74, 6) is 0.278. The minimum absolute atomic E-state index is 0.0698. The lowest BCUT2D eigenvalue weighted by Crippen LogP contribution is -2.51. The lowest BCUT2D eigenvalue weighted by Gasteiger charge is -2.43. The van der Waals surface area contributed by atoms with Gasteiger partial charge in [-0.15, -0.1) is 0 Å². The fourth-order valence-electron chi connectivity index (χ4n) is 4.34. The molecule has 0 amide bonds. The minimum atomic E-state index is 0.0698. The number of phenols is 1. The summed E-state index contributed by atoms with van der Waals surface area (Å²) in [4.78, 5) is 11.9. The minimum Gasteiger partial charge on any atom is -0.505 e. The number of phenolic OH excluding ortho intramolecular Hbond substituents is 1. The number of piperazine rings is 1. The predicted octanol–water partition coefficient (Wildman–Crippen LogP) is 3.33. The first-order valence-electron chi connectivity index (χ1n) is 9.65. The molecule has 0 bridgehead atoms. The van der Waals surface area contributed by atoms with Crippen molar-refractivity contribution in [3.63, 3.8) is 0 Å². The van der Waals surface area contributed by atoms with Gasteiger partial charge in [0, 0.05) is 43.3 Å². The van der Waals surface area contributed by atoms with Crippen molar-refractivity contribution in [1.29, 1.82) is 0 Å². The Hall–Kier alpha value is -1.40. The standard InChI is InChI=1S/C20H27ClN4O/c1-2-23-10-12-25(13-11-23)20(24-8-3-4-9-24)16-14-17(21)15-6-5-7-22-18(15)19(16)26/h5-7,14,20,26H,2-4,8-13H2,1H3. The number of nitrogens with zero attached hydrogens (tertiary/aromatic N) is 4. The third kappa shape index (κ3) is 3.29. The van der Waals surface area contributed by atoms with Crippen molar-refractivity contribution in [2.45, 2.75) is 25.9 Å². The van der Waals surface area contributed by atoms with E-state index in [9.17, 15) is 5.11 Å². The number of likely N-dealkylation sites (N-methyl/N-ethyl adjacent to an activating group) is 1. The van der Waals surface area contributed by atoms with Crippen LogP contribution in [0.25, 0.3) is 10.9 Å². The zero-order chi connectivity index (χ0) is 18.1. The van der Waals surface area contributed by atoms with Crippen LogP contribution in [0.3, 0.4) is 0 Å². The molecule has 2 aromatic rings. The summed E-state index contributed by atoms with van der Waals surface area (Å²) in [5.41, 5.74) is 1.50. The first-order chi connectivity index (χ1) is 12.7. The number of fused-ring (bicyclic) bond motifs is 1. The molecule has 4 rings (SSSR count). The van der Waals surface area contributed by atoms with Gasteiger partial charge < -0.3 is 10.0 Å². The van der Waals surface area contributed by atoms with E-state index >= 15 is 0 Å². The summed E-state index contributed by atoms with van der Waals surface area (Å²) < 4.78 is 0. The molecule has 1 N–H and O–H groups in total. The molecule has 3 heterocycles. The molecule has 1 aromatic heterocycles. The summed E-state index contributed by atoms with van der Waals surface area (Å²) in [6.07, 6.45) is 4.21. The van der Waals surface area contributed by atoms with Gasteiger partial charge in [-0.3, -0.25) is 14.8 Å². The highest BCUT2D eigenvalue weighted by atomic mass is 35.5. The summed E-state index contributed by atoms with van der Waals surface area (Å²) in [5, 5.41) is 12.5. The van der Waals surface area contributed by atoms with Crippen LogP contribution < -0.4 is 0 Å². The molecule has 26 heavy (non-hydrogen) atoms. The molecule has 2 aliphatic heterocycles. The van der Waals surface area contributed by atoms with Crippen molar-refractivity contribution in [3.05, 3.63) is 35.0 Å². The van der Waals surface area contributed by atoms with Crippen LogP contribution in [0.2, 0.25) is 5.02 Å². The van der Waals surface area contributed by atoms with Crippen LogP contribution in [-0.4, -0.2) is 70.6 Å². The van der Waals surface area contributed by atoms with Crippen molar-refractivity contribution >= 4 is 22.5 Å². The molecule has 1 atom stereocenters. The maximum Gasteiger partial charge on any atom is 0.148 e. The van der Waals surface area contributed by atoms with Crippen molar-refractivity contribution in [2.24, 2.45) is 0 Å². The summed E-state index contributed by atoms with van der Waals surface area (Å²) >= 11 is 6.57. The first-order valence-corrected chi connectivity index (χ1v) is 10.0. The Morgan fingerprint density at radius 3 is 2.50 bits per heavy atom. The maximum atomic E-state index is 11.0. The van der Waals surface area contributed by atoms with Crippen LogP contribution in [0.5, 0.6) is 5.75 Å². The van der Waals surface area contributed by atoms with Crippen molar-refractivity contribution in [2.75, 3.05) is 45.8 Å². The van der Waals surface area contributed by atoms with Gasteiger partial charge in [0.15, 0.2) is 0 Å². The molecule has 140 valence electrons. The van der Waals surface area contributed by atoms with Gasteiger partial charge in [-0.25, -0.2) is 0 Å². The van der Waals surface area contributed by atoms with E-state index in [1.807, 2.05) is 18.2 Å². The van der Waals surface area contributed by atoms with Crippen molar-refractivity contribution in [1.82, 2.24) is 19.7 Å². The zero-order valence-corrected chi connectivity index (χ0v) is 16.1. The average molecular weight is 375 g/mol. The first kappa shape index (κ1) is 18.0. The van der Waals surface area contributed by atoms with Crippen LogP contribution >= 0.6 is 11.6 Å². The van der Waals surface area contributed by atoms with Crippen LogP contribution in [0.1, 0.15) is 31.5 Å². The quantitative estimate of drug-likeness (QED) is 0.889. The SMILES string of the molecule is CCN1CCN(C(c2cc(Cl)c3cccnc3c2O)N2CCCC2)CC1. The largest absolute Gasteiger partial charge is 0.505 e. The second-order valence-electron chi connectivity index (χ2n) is 7.28. The molecule has 2 aliphatic rings. The number of aromatic nitrogens is 1. The second-order valence-corrected chi connectivity index (χ2v) is 7.69. The van der Waals surface area contributed by atoms with Crippen LogP contribution in [-0.2, 0) is 0 Å². The van der Waals surface area contributed by atoms with Gasteiger partial charge in [0.05, 0.1) is 11.2 Å². The fourth-order valence-corrected chi connectivity index (χ4v) is 4.61. The van der Waals surface area contributed by atoms with Gasteiger partial charge in [0.2, 0.25) is 0 Å². The Kier molecular flexibility index (Phi) is 5.32. The molecule has 2 fully saturated rings. The van der Waals surface area contributed by atoms with Crippen LogP contribution in [0.4, 0.5) is 0 Å². The number of aromatic hydroxyl groups is 1. The molecule has 0 aliphatic carbocycles. The molecule has 6 heteroatoms. The van der Waals surface area contributed by atoms with E-state index in [0.717, 1.165) is 56.8 Å². The molecule has 0 spiro atoms.